The molecule has 1 saturated heterocycles. The number of carbonyl (C=O) groups excluding carboxylic acids is 4. The summed E-state index contributed by atoms with van der Waals surface area (Å²) in [6.45, 7) is 30.1. The normalized spacial score (nSPS) is 15.6. The van der Waals surface area contributed by atoms with E-state index < -0.39 is 36.5 Å². The first-order chi connectivity index (χ1) is 39.8. The van der Waals surface area contributed by atoms with Crippen molar-refractivity contribution in [3.05, 3.63) is 83.2 Å². The second kappa shape index (κ2) is 39.6. The van der Waals surface area contributed by atoms with E-state index in [1.165, 1.54) is 41.1 Å². The number of amidine groups is 1. The van der Waals surface area contributed by atoms with Crippen LogP contribution in [0.1, 0.15) is 159 Å². The maximum absolute atomic E-state index is 12.9. The number of nitrogens with one attached hydrogen (secondary N) is 5. The van der Waals surface area contributed by atoms with E-state index in [4.69, 9.17) is 103 Å². The molecule has 15 nitrogen and oxygen atoms in total. The van der Waals surface area contributed by atoms with Gasteiger partial charge in [0.05, 0.1) is 17.5 Å². The topological polar surface area (TPSA) is 218 Å². The average molecular weight is 1540 g/mol. The Bertz CT molecular complexity index is 2680. The van der Waals surface area contributed by atoms with Gasteiger partial charge in [-0.1, -0.05) is 179 Å². The van der Waals surface area contributed by atoms with Crippen molar-refractivity contribution in [1.82, 2.24) is 21.0 Å². The molecule has 1 aliphatic heterocycles. The fraction of sp³-hybridized carbons (Fsp3) is 0.576. The van der Waals surface area contributed by atoms with Gasteiger partial charge >= 0.3 is 12.1 Å². The Hall–Kier alpha value is -2.53. The van der Waals surface area contributed by atoms with Crippen LogP contribution in [0.5, 0.6) is 0 Å². The summed E-state index contributed by atoms with van der Waals surface area (Å²) in [5.41, 5.74) is 8.24. The summed E-state index contributed by atoms with van der Waals surface area (Å²) in [5.74, 6) is -1.77. The van der Waals surface area contributed by atoms with Crippen molar-refractivity contribution in [3.63, 3.8) is 0 Å². The van der Waals surface area contributed by atoms with Gasteiger partial charge in [0.2, 0.25) is 0 Å². The van der Waals surface area contributed by atoms with E-state index in [1.807, 2.05) is 67.5 Å². The largest absolute Gasteiger partial charge is 0.367 e. The van der Waals surface area contributed by atoms with Crippen LogP contribution in [-0.2, 0) is 9.59 Å². The molecule has 476 valence electrons. The molecule has 3 aromatic carbocycles. The molecule has 0 bridgehead atoms. The number of nitriles is 2. The molecule has 4 aliphatic rings. The molecule has 1 heterocycles. The van der Waals surface area contributed by atoms with E-state index in [-0.39, 0.29) is 16.9 Å². The Morgan fingerprint density at radius 2 is 1.02 bits per heavy atom. The maximum atomic E-state index is 12.9. The lowest BCUT2D eigenvalue weighted by Gasteiger charge is -2.36. The van der Waals surface area contributed by atoms with Crippen LogP contribution in [0.2, 0.25) is 0 Å². The highest BCUT2D eigenvalue weighted by Gasteiger charge is 2.52. The fourth-order valence-electron chi connectivity index (χ4n) is 9.89. The number of alkyl halides is 8. The average Bonchev–Trinajstić information content (AvgIpc) is 1.87. The fourth-order valence-corrected chi connectivity index (χ4v) is 10.8. The van der Waals surface area contributed by atoms with Gasteiger partial charge in [0.15, 0.2) is 0 Å². The van der Waals surface area contributed by atoms with Crippen LogP contribution in [0.25, 0.3) is 0 Å². The number of aryl methyl sites for hydroxylation is 6. The van der Waals surface area contributed by atoms with Crippen LogP contribution in [-0.4, -0.2) is 89.0 Å². The maximum Gasteiger partial charge on any atom is 0.330 e. The van der Waals surface area contributed by atoms with Gasteiger partial charge in [-0.3, -0.25) is 40.6 Å². The number of hydrogen-bond acceptors (Lipinski definition) is 10. The standard InChI is InChI=1S/C17H17BrCl3N3O2.C15H18BrN3O.C14H17BrN2.C6H15N.C2H2Cl3NO2.2C2H6.CH2Cl2/c1-10-7-12(8-11(2)13(10)18)24(16(9-22)5-3-4-6-16)15(26)23-14(25)17(19,20)21;1-9-7-11(8-10(2)12(9)16)19-14(20)18-13(17)15(19)5-3-4-6-15;1-10-7-12(8-11(2)13(10)15)17-14(9-16)5-3-4-6-14;1-4-7(5-2)6-3;3-2(4,5)1(7)6-8;2*1-2;2-1-3/h7-8H,3-6H2,1-2H3,(H,23,25,26);7-8H,3-6H2,1-2H3,(H2,17,18,20);7-8,17H,3-6H2,1-2H3;4-6H2,1-3H3;8H,(H,6,7);2*1-2H3;1H2. The Morgan fingerprint density at radius 3 is 1.35 bits per heavy atom. The first-order valence-electron chi connectivity index (χ1n) is 28.0. The third-order valence-corrected chi connectivity index (χ3v) is 18.8. The van der Waals surface area contributed by atoms with E-state index >= 15 is 0 Å². The second-order valence-electron chi connectivity index (χ2n) is 19.7. The lowest BCUT2D eigenvalue weighted by molar-refractivity contribution is -0.128. The molecule has 6 amide bonds. The van der Waals surface area contributed by atoms with Gasteiger partial charge in [0, 0.05) is 30.5 Å². The Balaban J connectivity index is 0.00000107. The van der Waals surface area contributed by atoms with E-state index in [2.05, 4.69) is 128 Å². The smallest absolute Gasteiger partial charge is 0.330 e. The zero-order valence-corrected chi connectivity index (χ0v) is 61.6. The first kappa shape index (κ1) is 82.5. The minimum absolute atomic E-state index is 0.168. The van der Waals surface area contributed by atoms with Crippen molar-refractivity contribution in [2.45, 2.75) is 191 Å². The second-order valence-corrected chi connectivity index (χ2v) is 27.5. The molecule has 0 radical (unpaired) electrons. The quantitative estimate of drug-likeness (QED) is 0.0717. The number of urea groups is 2. The lowest BCUT2D eigenvalue weighted by Crippen LogP contribution is -2.56. The summed E-state index contributed by atoms with van der Waals surface area (Å²) in [4.78, 5) is 52.8. The molecule has 3 aliphatic carbocycles. The number of benzene rings is 3. The van der Waals surface area contributed by atoms with Crippen molar-refractivity contribution < 1.29 is 24.4 Å². The number of rotatable bonds is 8. The van der Waals surface area contributed by atoms with Crippen molar-refractivity contribution in [3.8, 4) is 12.1 Å². The summed E-state index contributed by atoms with van der Waals surface area (Å²) < 4.78 is -1.20. The predicted molar refractivity (Wildman–Crippen MR) is 367 cm³/mol. The Morgan fingerprint density at radius 1 is 0.659 bits per heavy atom. The zero-order valence-electron chi connectivity index (χ0n) is 50.8. The molecular formula is C59H83Br3Cl8N10O5. The van der Waals surface area contributed by atoms with Crippen LogP contribution >= 0.6 is 141 Å². The van der Waals surface area contributed by atoms with Gasteiger partial charge in [0.1, 0.15) is 22.5 Å². The Kier molecular flexibility index (Phi) is 38.4. The summed E-state index contributed by atoms with van der Waals surface area (Å²) in [5, 5.41) is 43.6. The van der Waals surface area contributed by atoms with Gasteiger partial charge in [-0.2, -0.15) is 10.5 Å². The van der Waals surface area contributed by atoms with E-state index in [0.29, 0.717) is 24.4 Å². The lowest BCUT2D eigenvalue weighted by atomic mass is 9.94. The third kappa shape index (κ3) is 24.3. The highest BCUT2D eigenvalue weighted by molar-refractivity contribution is 9.11. The van der Waals surface area contributed by atoms with Crippen molar-refractivity contribution in [2.75, 3.05) is 40.1 Å². The number of carbonyl (C=O) groups is 4. The molecule has 7 rings (SSSR count). The number of nitrogens with zero attached hydrogens (tertiary/aromatic N) is 5. The van der Waals surface area contributed by atoms with Gasteiger partial charge < -0.3 is 10.2 Å². The van der Waals surface area contributed by atoms with E-state index in [1.54, 1.807) is 17.0 Å². The SMILES string of the molecule is CC.CC.CCN(CC)CC.Cc1cc(N(C(=O)NC(=O)C(Cl)(Cl)Cl)C2(C#N)CCCC2)cc(C)c1Br.Cc1cc(N2C(=O)NC(=N)C23CCCC3)cc(C)c1Br.Cc1cc(NC2(C#N)CCCC2)cc(C)c1Br.ClCCl.O=C(NO)C(Cl)(Cl)Cl. The summed E-state index contributed by atoms with van der Waals surface area (Å²) in [7, 11) is 0. The molecule has 85 heavy (non-hydrogen) atoms. The van der Waals surface area contributed by atoms with Crippen LogP contribution in [0.3, 0.4) is 0 Å². The first-order valence-corrected chi connectivity index (χ1v) is 33.7. The minimum Gasteiger partial charge on any atom is -0.367 e. The molecule has 6 N–H and O–H groups in total. The number of hydrogen-bond donors (Lipinski definition) is 6. The van der Waals surface area contributed by atoms with Crippen LogP contribution < -0.4 is 31.2 Å². The van der Waals surface area contributed by atoms with Crippen LogP contribution in [0, 0.1) is 69.6 Å². The summed E-state index contributed by atoms with van der Waals surface area (Å²) in [6, 6.07) is 15.6. The molecule has 0 atom stereocenters. The highest BCUT2D eigenvalue weighted by atomic mass is 79.9. The van der Waals surface area contributed by atoms with Gasteiger partial charge in [-0.15, -0.1) is 23.2 Å². The van der Waals surface area contributed by atoms with Crippen molar-refractivity contribution in [1.29, 1.82) is 15.9 Å². The van der Waals surface area contributed by atoms with Crippen molar-refractivity contribution in [2.24, 2.45) is 0 Å². The third-order valence-electron chi connectivity index (χ3n) is 14.1. The van der Waals surface area contributed by atoms with Gasteiger partial charge in [0.25, 0.3) is 19.4 Å². The van der Waals surface area contributed by atoms with E-state index in [9.17, 15) is 29.7 Å². The number of hydroxylamine groups is 1. The minimum atomic E-state index is -2.28. The molecule has 4 fully saturated rings. The van der Waals surface area contributed by atoms with Crippen LogP contribution in [0.4, 0.5) is 26.7 Å². The van der Waals surface area contributed by atoms with Gasteiger partial charge in [-0.05, 0) is 195 Å². The molecule has 0 unspecified atom stereocenters. The summed E-state index contributed by atoms with van der Waals surface area (Å²) >= 11 is 51.6. The molecule has 1 spiro atoms. The van der Waals surface area contributed by atoms with E-state index in [0.717, 1.165) is 111 Å². The zero-order chi connectivity index (χ0) is 65.8. The number of imide groups is 1. The monoisotopic (exact) mass is 1530 g/mol. The molecule has 26 heteroatoms. The molecular weight excluding hydrogens is 1450 g/mol. The predicted octanol–water partition coefficient (Wildman–Crippen LogP) is 19.2. The number of amides is 6. The highest BCUT2D eigenvalue weighted by Crippen LogP contribution is 2.44. The Labute approximate surface area is 570 Å². The van der Waals surface area contributed by atoms with Gasteiger partial charge in [-0.25, -0.2) is 15.1 Å². The molecule has 3 aromatic rings. The number of anilines is 3. The summed E-state index contributed by atoms with van der Waals surface area (Å²) in [6.07, 6.45) is 10.7. The molecule has 3 saturated carbocycles. The number of halogens is 11. The molecule has 0 aromatic heterocycles. The van der Waals surface area contributed by atoms with Crippen LogP contribution in [0.15, 0.2) is 49.8 Å². The van der Waals surface area contributed by atoms with Crippen molar-refractivity contribution >= 4 is 187 Å².